The van der Waals surface area contributed by atoms with Crippen LogP contribution in [0.15, 0.2) is 48.5 Å². The Bertz CT molecular complexity index is 726. The summed E-state index contributed by atoms with van der Waals surface area (Å²) in [4.78, 5) is 25.1. The maximum absolute atomic E-state index is 12.8. The van der Waals surface area contributed by atoms with Gasteiger partial charge in [-0.25, -0.2) is 0 Å². The topological polar surface area (TPSA) is 72.2 Å². The summed E-state index contributed by atoms with van der Waals surface area (Å²) in [6.07, 6.45) is 0.818. The average molecular weight is 354 g/mol. The lowest BCUT2D eigenvalue weighted by Gasteiger charge is -2.19. The fourth-order valence-corrected chi connectivity index (χ4v) is 2.43. The second kappa shape index (κ2) is 10.5. The van der Waals surface area contributed by atoms with Crippen LogP contribution in [0, 0.1) is 12.8 Å². The predicted molar refractivity (Wildman–Crippen MR) is 108 cm³/mol. The number of benzene rings is 2. The Morgan fingerprint density at radius 2 is 1.69 bits per heavy atom. The Morgan fingerprint density at radius 1 is 1.08 bits per heavy atom. The van der Waals surface area contributed by atoms with Gasteiger partial charge in [0, 0.05) is 11.1 Å². The quantitative estimate of drug-likeness (QED) is 0.747. The lowest BCUT2D eigenvalue weighted by molar-refractivity contribution is -0.118. The van der Waals surface area contributed by atoms with Crippen molar-refractivity contribution in [2.24, 2.45) is 11.7 Å². The average Bonchev–Trinajstić information content (AvgIpc) is 2.69. The molecule has 0 fully saturated rings. The molecule has 0 saturated carbocycles. The van der Waals surface area contributed by atoms with Gasteiger partial charge in [-0.05, 0) is 25.0 Å². The molecule has 1 amide bonds. The molecule has 3 N–H and O–H groups in total. The van der Waals surface area contributed by atoms with E-state index in [1.165, 1.54) is 0 Å². The number of nitrogens with two attached hydrogens (primary N) is 1. The second-order valence-corrected chi connectivity index (χ2v) is 6.14. The lowest BCUT2D eigenvalue weighted by atomic mass is 9.97. The van der Waals surface area contributed by atoms with Gasteiger partial charge >= 0.3 is 0 Å². The number of hydrogen-bond acceptors (Lipinski definition) is 3. The maximum Gasteiger partial charge on any atom is 0.241 e. The van der Waals surface area contributed by atoms with Gasteiger partial charge in [0.15, 0.2) is 5.78 Å². The molecule has 2 atom stereocenters. The van der Waals surface area contributed by atoms with Gasteiger partial charge in [-0.2, -0.15) is 0 Å². The first-order chi connectivity index (χ1) is 12.4. The van der Waals surface area contributed by atoms with Crippen LogP contribution in [0.4, 0.5) is 5.69 Å². The number of aryl methyl sites for hydroxylation is 1. The molecule has 0 heterocycles. The van der Waals surface area contributed by atoms with E-state index < -0.39 is 6.04 Å². The fourth-order valence-electron chi connectivity index (χ4n) is 2.43. The van der Waals surface area contributed by atoms with Crippen molar-refractivity contribution in [1.29, 1.82) is 0 Å². The summed E-state index contributed by atoms with van der Waals surface area (Å²) in [6, 6.07) is 13.8. The summed E-state index contributed by atoms with van der Waals surface area (Å²) in [5.74, 6) is -0.314. The third-order valence-electron chi connectivity index (χ3n) is 4.27. The van der Waals surface area contributed by atoms with Crippen LogP contribution in [0.25, 0.3) is 0 Å². The van der Waals surface area contributed by atoms with Gasteiger partial charge in [0.2, 0.25) is 5.91 Å². The largest absolute Gasteiger partial charge is 0.324 e. The standard InChI is InChI=1S/C20H24N2O2.C2H6/c1-4-14(3)18(21)20(24)22-17-11-10-13(2)12-16(17)19(23)15-8-6-5-7-9-15;1-2/h5-12,14,18H,4,21H2,1-3H3,(H,22,24);1-2H3. The molecule has 2 rings (SSSR count). The van der Waals surface area contributed by atoms with Gasteiger partial charge in [0.1, 0.15) is 0 Å². The predicted octanol–water partition coefficient (Wildman–Crippen LogP) is 4.56. The fraction of sp³-hybridized carbons (Fsp3) is 0.364. The molecule has 140 valence electrons. The minimum absolute atomic E-state index is 0.0729. The third-order valence-corrected chi connectivity index (χ3v) is 4.27. The Labute approximate surface area is 156 Å². The van der Waals surface area contributed by atoms with Crippen LogP contribution in [-0.4, -0.2) is 17.7 Å². The Morgan fingerprint density at radius 3 is 2.27 bits per heavy atom. The molecular weight excluding hydrogens is 324 g/mol. The van der Waals surface area contributed by atoms with Gasteiger partial charge in [-0.1, -0.05) is 76.1 Å². The molecule has 2 aromatic rings. The van der Waals surface area contributed by atoms with Gasteiger partial charge in [0.25, 0.3) is 0 Å². The van der Waals surface area contributed by atoms with E-state index in [0.29, 0.717) is 16.8 Å². The number of amides is 1. The Hall–Kier alpha value is -2.46. The van der Waals surface area contributed by atoms with Crippen LogP contribution in [0.2, 0.25) is 0 Å². The van der Waals surface area contributed by atoms with Crippen LogP contribution in [0.3, 0.4) is 0 Å². The molecule has 4 nitrogen and oxygen atoms in total. The van der Waals surface area contributed by atoms with Crippen LogP contribution in [0.1, 0.15) is 55.6 Å². The summed E-state index contributed by atoms with van der Waals surface area (Å²) in [5.41, 5.74) is 8.51. The van der Waals surface area contributed by atoms with Gasteiger partial charge in [-0.15, -0.1) is 0 Å². The van der Waals surface area contributed by atoms with Crippen molar-refractivity contribution in [3.05, 3.63) is 65.2 Å². The van der Waals surface area contributed by atoms with Crippen molar-refractivity contribution in [3.8, 4) is 0 Å². The molecule has 26 heavy (non-hydrogen) atoms. The van der Waals surface area contributed by atoms with Crippen LogP contribution in [0.5, 0.6) is 0 Å². The maximum atomic E-state index is 12.8. The van der Waals surface area contributed by atoms with Gasteiger partial charge in [-0.3, -0.25) is 9.59 Å². The minimum Gasteiger partial charge on any atom is -0.324 e. The number of anilines is 1. The van der Waals surface area contributed by atoms with Crippen molar-refractivity contribution in [1.82, 2.24) is 0 Å². The first-order valence-electron chi connectivity index (χ1n) is 9.21. The van der Waals surface area contributed by atoms with Crippen molar-refractivity contribution in [2.75, 3.05) is 5.32 Å². The molecule has 0 bridgehead atoms. The van der Waals surface area contributed by atoms with E-state index in [-0.39, 0.29) is 17.6 Å². The highest BCUT2D eigenvalue weighted by Crippen LogP contribution is 2.22. The second-order valence-electron chi connectivity index (χ2n) is 6.14. The van der Waals surface area contributed by atoms with Crippen molar-refractivity contribution >= 4 is 17.4 Å². The van der Waals surface area contributed by atoms with Gasteiger partial charge < -0.3 is 11.1 Å². The van der Waals surface area contributed by atoms with Crippen molar-refractivity contribution in [2.45, 2.75) is 47.1 Å². The molecule has 0 aromatic heterocycles. The highest BCUT2D eigenvalue weighted by Gasteiger charge is 2.22. The molecule has 0 spiro atoms. The van der Waals surface area contributed by atoms with E-state index in [1.54, 1.807) is 24.3 Å². The summed E-state index contributed by atoms with van der Waals surface area (Å²) >= 11 is 0. The number of ketones is 1. The molecular formula is C22H30N2O2. The van der Waals surface area contributed by atoms with E-state index in [0.717, 1.165) is 12.0 Å². The molecule has 0 radical (unpaired) electrons. The zero-order chi connectivity index (χ0) is 19.7. The molecule has 0 aliphatic carbocycles. The summed E-state index contributed by atoms with van der Waals surface area (Å²) in [5, 5.41) is 2.82. The van der Waals surface area contributed by atoms with Crippen molar-refractivity contribution in [3.63, 3.8) is 0 Å². The molecule has 4 heteroatoms. The zero-order valence-corrected chi connectivity index (χ0v) is 16.4. The van der Waals surface area contributed by atoms with Crippen LogP contribution < -0.4 is 11.1 Å². The number of rotatable bonds is 6. The smallest absolute Gasteiger partial charge is 0.241 e. The van der Waals surface area contributed by atoms with E-state index in [9.17, 15) is 9.59 Å². The summed E-state index contributed by atoms with van der Waals surface area (Å²) < 4.78 is 0. The van der Waals surface area contributed by atoms with E-state index in [2.05, 4.69) is 5.32 Å². The number of carbonyl (C=O) groups is 2. The minimum atomic E-state index is -0.601. The van der Waals surface area contributed by atoms with Crippen LogP contribution in [-0.2, 0) is 4.79 Å². The Balaban J connectivity index is 0.00000163. The zero-order valence-electron chi connectivity index (χ0n) is 16.4. The van der Waals surface area contributed by atoms with E-state index in [4.69, 9.17) is 5.73 Å². The Kier molecular flexibility index (Phi) is 8.73. The SMILES string of the molecule is CC.CCC(C)C(N)C(=O)Nc1ccc(C)cc1C(=O)c1ccccc1. The van der Waals surface area contributed by atoms with Gasteiger partial charge in [0.05, 0.1) is 11.7 Å². The lowest BCUT2D eigenvalue weighted by Crippen LogP contribution is -2.40. The molecule has 0 aliphatic rings. The molecule has 2 unspecified atom stereocenters. The number of nitrogens with one attached hydrogen (secondary N) is 1. The van der Waals surface area contributed by atoms with Crippen LogP contribution >= 0.6 is 0 Å². The molecule has 0 aliphatic heterocycles. The highest BCUT2D eigenvalue weighted by atomic mass is 16.2. The highest BCUT2D eigenvalue weighted by molar-refractivity contribution is 6.14. The van der Waals surface area contributed by atoms with E-state index in [1.807, 2.05) is 58.9 Å². The van der Waals surface area contributed by atoms with Crippen molar-refractivity contribution < 1.29 is 9.59 Å². The first kappa shape index (κ1) is 21.6. The third kappa shape index (κ3) is 5.53. The summed E-state index contributed by atoms with van der Waals surface area (Å²) in [6.45, 7) is 9.85. The number of hydrogen-bond donors (Lipinski definition) is 2. The van der Waals surface area contributed by atoms with E-state index >= 15 is 0 Å². The summed E-state index contributed by atoms with van der Waals surface area (Å²) in [7, 11) is 0. The number of carbonyl (C=O) groups excluding carboxylic acids is 2. The molecule has 0 saturated heterocycles. The molecule has 2 aromatic carbocycles. The normalized spacial score (nSPS) is 12.4. The monoisotopic (exact) mass is 354 g/mol. The first-order valence-corrected chi connectivity index (χ1v) is 9.21.